The molecule has 0 aromatic heterocycles. The van der Waals surface area contributed by atoms with Crippen molar-refractivity contribution >= 4 is 18.3 Å². The summed E-state index contributed by atoms with van der Waals surface area (Å²) < 4.78 is 0. The third-order valence-corrected chi connectivity index (χ3v) is 5.52. The molecule has 2 N–H and O–H groups in total. The number of hydrogen-bond acceptors (Lipinski definition) is 3. The molecule has 1 heterocycles. The molecular formula is C17H25NOS. The molecular weight excluding hydrogens is 266 g/mol. The fraction of sp³-hybridized carbons (Fsp3) is 0.647. The van der Waals surface area contributed by atoms with Gasteiger partial charge in [0.15, 0.2) is 0 Å². The van der Waals surface area contributed by atoms with E-state index in [4.69, 9.17) is 0 Å². The third kappa shape index (κ3) is 2.46. The zero-order chi connectivity index (χ0) is 14.2. The van der Waals surface area contributed by atoms with Crippen LogP contribution in [-0.2, 0) is 5.60 Å². The third-order valence-electron chi connectivity index (χ3n) is 5.00. The maximum absolute atomic E-state index is 11.0. The molecule has 0 amide bonds. The Morgan fingerprint density at radius 1 is 1.40 bits per heavy atom. The number of benzene rings is 1. The first kappa shape index (κ1) is 14.3. The van der Waals surface area contributed by atoms with Crippen molar-refractivity contribution in [3.05, 3.63) is 29.8 Å². The molecule has 0 bridgehead atoms. The number of nitrogens with one attached hydrogen (secondary N) is 1. The van der Waals surface area contributed by atoms with Crippen molar-refractivity contribution < 1.29 is 5.11 Å². The van der Waals surface area contributed by atoms with Crippen molar-refractivity contribution in [1.29, 1.82) is 0 Å². The molecule has 1 aliphatic heterocycles. The lowest BCUT2D eigenvalue weighted by Crippen LogP contribution is -2.32. The van der Waals surface area contributed by atoms with Gasteiger partial charge >= 0.3 is 0 Å². The van der Waals surface area contributed by atoms with Gasteiger partial charge < -0.3 is 10.4 Å². The molecule has 0 radical (unpaired) electrons. The average molecular weight is 291 g/mol. The second kappa shape index (κ2) is 5.61. The molecule has 3 rings (SSSR count). The van der Waals surface area contributed by atoms with E-state index in [1.54, 1.807) is 0 Å². The summed E-state index contributed by atoms with van der Waals surface area (Å²) in [5.41, 5.74) is 1.58. The average Bonchev–Trinajstić information content (AvgIpc) is 2.87. The molecule has 2 nitrogen and oxygen atoms in total. The van der Waals surface area contributed by atoms with Crippen molar-refractivity contribution in [3.8, 4) is 0 Å². The number of fused-ring (bicyclic) bond motifs is 3. The van der Waals surface area contributed by atoms with Gasteiger partial charge in [-0.1, -0.05) is 31.5 Å². The number of rotatable bonds is 5. The Morgan fingerprint density at radius 3 is 3.00 bits per heavy atom. The Labute approximate surface area is 127 Å². The van der Waals surface area contributed by atoms with Crippen LogP contribution >= 0.6 is 12.6 Å². The summed E-state index contributed by atoms with van der Waals surface area (Å²) in [7, 11) is 0. The number of thiol groups is 1. The van der Waals surface area contributed by atoms with Crippen LogP contribution < -0.4 is 5.32 Å². The van der Waals surface area contributed by atoms with Gasteiger partial charge in [-0.15, -0.1) is 0 Å². The number of anilines is 1. The van der Waals surface area contributed by atoms with E-state index in [-0.39, 0.29) is 6.04 Å². The molecule has 110 valence electrons. The van der Waals surface area contributed by atoms with Crippen LogP contribution in [0.3, 0.4) is 0 Å². The Bertz CT molecular complexity index is 478. The molecule has 4 atom stereocenters. The highest BCUT2D eigenvalue weighted by molar-refractivity contribution is 7.80. The van der Waals surface area contributed by atoms with Crippen LogP contribution in [0.15, 0.2) is 24.3 Å². The number of aliphatic hydroxyl groups is 1. The van der Waals surface area contributed by atoms with Crippen LogP contribution in [0.5, 0.6) is 0 Å². The van der Waals surface area contributed by atoms with E-state index in [0.717, 1.165) is 24.1 Å². The highest BCUT2D eigenvalue weighted by Gasteiger charge is 2.51. The van der Waals surface area contributed by atoms with Gasteiger partial charge in [-0.25, -0.2) is 0 Å². The molecule has 0 saturated heterocycles. The first-order valence-corrected chi connectivity index (χ1v) is 8.41. The largest absolute Gasteiger partial charge is 0.383 e. The SMILES string of the molecule is CCCC(S)CCC1CC2Nc3ccccc3C2(O)C1. The summed E-state index contributed by atoms with van der Waals surface area (Å²) in [5, 5.41) is 15.1. The molecule has 1 aromatic carbocycles. The molecule has 1 fully saturated rings. The van der Waals surface area contributed by atoms with Gasteiger partial charge in [0, 0.05) is 16.5 Å². The minimum Gasteiger partial charge on any atom is -0.383 e. The highest BCUT2D eigenvalue weighted by Crippen LogP contribution is 2.51. The van der Waals surface area contributed by atoms with E-state index >= 15 is 0 Å². The van der Waals surface area contributed by atoms with Crippen LogP contribution in [0.4, 0.5) is 5.69 Å². The molecule has 1 aliphatic carbocycles. The maximum atomic E-state index is 11.0. The van der Waals surface area contributed by atoms with Crippen LogP contribution in [0, 0.1) is 5.92 Å². The summed E-state index contributed by atoms with van der Waals surface area (Å²) in [6.07, 6.45) is 6.75. The monoisotopic (exact) mass is 291 g/mol. The Balaban J connectivity index is 1.63. The number of para-hydroxylation sites is 1. The smallest absolute Gasteiger partial charge is 0.112 e. The lowest BCUT2D eigenvalue weighted by Gasteiger charge is -2.23. The Morgan fingerprint density at radius 2 is 2.20 bits per heavy atom. The van der Waals surface area contributed by atoms with E-state index in [9.17, 15) is 5.11 Å². The van der Waals surface area contributed by atoms with E-state index in [1.807, 2.05) is 12.1 Å². The fourth-order valence-corrected chi connectivity index (χ4v) is 4.38. The molecule has 2 aliphatic rings. The quantitative estimate of drug-likeness (QED) is 0.718. The van der Waals surface area contributed by atoms with E-state index in [0.29, 0.717) is 11.2 Å². The summed E-state index contributed by atoms with van der Waals surface area (Å²) in [5.74, 6) is 0.623. The summed E-state index contributed by atoms with van der Waals surface area (Å²) >= 11 is 4.65. The first-order valence-electron chi connectivity index (χ1n) is 7.90. The summed E-state index contributed by atoms with van der Waals surface area (Å²) in [6, 6.07) is 8.41. The molecule has 1 saturated carbocycles. The predicted octanol–water partition coefficient (Wildman–Crippen LogP) is 3.96. The lowest BCUT2D eigenvalue weighted by atomic mass is 9.90. The Kier molecular flexibility index (Phi) is 4.00. The van der Waals surface area contributed by atoms with Crippen molar-refractivity contribution in [2.45, 2.75) is 62.3 Å². The van der Waals surface area contributed by atoms with Crippen LogP contribution in [0.25, 0.3) is 0 Å². The second-order valence-electron chi connectivity index (χ2n) is 6.49. The van der Waals surface area contributed by atoms with Gasteiger partial charge in [0.1, 0.15) is 5.60 Å². The minimum absolute atomic E-state index is 0.203. The molecule has 20 heavy (non-hydrogen) atoms. The van der Waals surface area contributed by atoms with Gasteiger partial charge in [-0.3, -0.25) is 0 Å². The zero-order valence-corrected chi connectivity index (χ0v) is 13.1. The predicted molar refractivity (Wildman–Crippen MR) is 87.4 cm³/mol. The van der Waals surface area contributed by atoms with Crippen LogP contribution in [-0.4, -0.2) is 16.4 Å². The zero-order valence-electron chi connectivity index (χ0n) is 12.2. The second-order valence-corrected chi connectivity index (χ2v) is 7.22. The van der Waals surface area contributed by atoms with Crippen molar-refractivity contribution in [2.75, 3.05) is 5.32 Å². The fourth-order valence-electron chi connectivity index (χ4n) is 3.97. The van der Waals surface area contributed by atoms with Crippen LogP contribution in [0.2, 0.25) is 0 Å². The molecule has 1 aromatic rings. The van der Waals surface area contributed by atoms with Gasteiger partial charge in [-0.2, -0.15) is 12.6 Å². The van der Waals surface area contributed by atoms with Crippen LogP contribution in [0.1, 0.15) is 51.0 Å². The topological polar surface area (TPSA) is 32.3 Å². The standard InChI is InChI=1S/C17H25NOS/c1-2-5-13(20)9-8-12-10-16-17(19,11-12)14-6-3-4-7-15(14)18-16/h3-4,6-7,12-13,16,18-20H,2,5,8-11H2,1H3. The summed E-state index contributed by atoms with van der Waals surface area (Å²) in [4.78, 5) is 0. The lowest BCUT2D eigenvalue weighted by molar-refractivity contribution is 0.0383. The van der Waals surface area contributed by atoms with Crippen molar-refractivity contribution in [3.63, 3.8) is 0 Å². The van der Waals surface area contributed by atoms with Gasteiger partial charge in [0.25, 0.3) is 0 Å². The normalized spacial score (nSPS) is 32.5. The van der Waals surface area contributed by atoms with Gasteiger partial charge in [0.05, 0.1) is 6.04 Å². The Hall–Kier alpha value is -0.670. The van der Waals surface area contributed by atoms with Crippen molar-refractivity contribution in [2.24, 2.45) is 5.92 Å². The van der Waals surface area contributed by atoms with E-state index < -0.39 is 5.60 Å². The summed E-state index contributed by atoms with van der Waals surface area (Å²) in [6.45, 7) is 2.22. The molecule has 3 heteroatoms. The highest BCUT2D eigenvalue weighted by atomic mass is 32.1. The molecule has 0 spiro atoms. The van der Waals surface area contributed by atoms with Gasteiger partial charge in [-0.05, 0) is 44.1 Å². The van der Waals surface area contributed by atoms with Gasteiger partial charge in [0.2, 0.25) is 0 Å². The maximum Gasteiger partial charge on any atom is 0.112 e. The van der Waals surface area contributed by atoms with Crippen molar-refractivity contribution in [1.82, 2.24) is 0 Å². The van der Waals surface area contributed by atoms with E-state index in [1.165, 1.54) is 25.7 Å². The minimum atomic E-state index is -0.641. The van der Waals surface area contributed by atoms with E-state index in [2.05, 4.69) is 37.0 Å². The molecule has 4 unspecified atom stereocenters. The number of hydrogen-bond donors (Lipinski definition) is 3. The first-order chi connectivity index (χ1) is 9.63.